The van der Waals surface area contributed by atoms with Gasteiger partial charge >= 0.3 is 0 Å². The summed E-state index contributed by atoms with van der Waals surface area (Å²) in [6, 6.07) is 19.2. The number of halogens is 1. The molecule has 9 heteroatoms. The molecule has 2 saturated heterocycles. The topological polar surface area (TPSA) is 90.7 Å². The summed E-state index contributed by atoms with van der Waals surface area (Å²) in [4.78, 5) is 23.2. The smallest absolute Gasteiger partial charge is 0.272 e. The molecule has 8 nitrogen and oxygen atoms in total. The zero-order valence-corrected chi connectivity index (χ0v) is 24.5. The summed E-state index contributed by atoms with van der Waals surface area (Å²) < 4.78 is 12.1. The zero-order chi connectivity index (χ0) is 28.9. The van der Waals surface area contributed by atoms with E-state index in [9.17, 15) is 10.1 Å². The number of para-hydroxylation sites is 1. The lowest BCUT2D eigenvalue weighted by Gasteiger charge is -2.40. The Bertz CT molecular complexity index is 1440. The van der Waals surface area contributed by atoms with Crippen molar-refractivity contribution in [2.45, 2.75) is 51.3 Å². The molecule has 2 aliphatic heterocycles. The first-order chi connectivity index (χ1) is 19.9. The third-order valence-corrected chi connectivity index (χ3v) is 8.01. The van der Waals surface area contributed by atoms with Gasteiger partial charge in [-0.15, -0.1) is 0 Å². The normalized spacial score (nSPS) is 20.9. The van der Waals surface area contributed by atoms with Gasteiger partial charge in [0.2, 0.25) is 0 Å². The number of likely N-dealkylation sites (tertiary alicyclic amines) is 1. The molecule has 214 valence electrons. The van der Waals surface area contributed by atoms with Gasteiger partial charge in [0, 0.05) is 48.6 Å². The van der Waals surface area contributed by atoms with E-state index in [0.29, 0.717) is 40.9 Å². The van der Waals surface area contributed by atoms with Crippen LogP contribution in [0.25, 0.3) is 11.3 Å². The van der Waals surface area contributed by atoms with Crippen molar-refractivity contribution in [1.29, 1.82) is 5.26 Å². The zero-order valence-electron chi connectivity index (χ0n) is 23.8. The molecule has 0 aliphatic carbocycles. The number of aromatic nitrogens is 1. The largest absolute Gasteiger partial charge is 0.493 e. The van der Waals surface area contributed by atoms with Crippen molar-refractivity contribution in [3.05, 3.63) is 70.9 Å². The van der Waals surface area contributed by atoms with E-state index in [2.05, 4.69) is 35.2 Å². The number of pyridine rings is 1. The van der Waals surface area contributed by atoms with Gasteiger partial charge in [0.15, 0.2) is 5.69 Å². The number of benzene rings is 2. The summed E-state index contributed by atoms with van der Waals surface area (Å²) in [5, 5.41) is 13.2. The maximum absolute atomic E-state index is 13.8. The number of amides is 1. The van der Waals surface area contributed by atoms with Crippen molar-refractivity contribution in [3.8, 4) is 28.8 Å². The lowest BCUT2D eigenvalue weighted by molar-refractivity contribution is 0.0933. The van der Waals surface area contributed by atoms with Crippen LogP contribution in [0.4, 0.5) is 5.69 Å². The Balaban J connectivity index is 1.41. The van der Waals surface area contributed by atoms with Crippen LogP contribution in [0.5, 0.6) is 11.5 Å². The number of nitrogens with one attached hydrogen (secondary N) is 1. The number of carbonyl (C=O) groups excluding carboxylic acids is 1. The Labute approximate surface area is 246 Å². The summed E-state index contributed by atoms with van der Waals surface area (Å²) in [6.07, 6.45) is 2.32. The molecular formula is C32H36ClN5O3. The molecule has 0 unspecified atom stereocenters. The third-order valence-electron chi connectivity index (χ3n) is 7.77. The molecule has 5 rings (SSSR count). The molecular weight excluding hydrogens is 538 g/mol. The number of likely N-dealkylation sites (N-methyl/N-ethyl adjacent to an activating group) is 1. The number of hydrogen-bond acceptors (Lipinski definition) is 7. The molecule has 41 heavy (non-hydrogen) atoms. The minimum atomic E-state index is -0.165. The SMILES string of the molecule is CCOc1ccccc1-c1ccc(N2CC[C@H](Oc3ccc(Cl)cc3C#N)C[C@@H]2C)c(C(=O)N[C@@H]2CCN(C)C2)n1. The predicted octanol–water partition coefficient (Wildman–Crippen LogP) is 5.54. The first kappa shape index (κ1) is 28.7. The summed E-state index contributed by atoms with van der Waals surface area (Å²) >= 11 is 6.06. The Morgan fingerprint density at radius 2 is 1.98 bits per heavy atom. The van der Waals surface area contributed by atoms with Crippen molar-refractivity contribution < 1.29 is 14.3 Å². The summed E-state index contributed by atoms with van der Waals surface area (Å²) in [5.41, 5.74) is 3.20. The van der Waals surface area contributed by atoms with Gasteiger partial charge in [-0.25, -0.2) is 4.98 Å². The van der Waals surface area contributed by atoms with Crippen molar-refractivity contribution in [2.24, 2.45) is 0 Å². The number of anilines is 1. The van der Waals surface area contributed by atoms with Gasteiger partial charge in [-0.3, -0.25) is 4.79 Å². The highest BCUT2D eigenvalue weighted by Gasteiger charge is 2.32. The van der Waals surface area contributed by atoms with E-state index in [1.807, 2.05) is 43.3 Å². The van der Waals surface area contributed by atoms with Crippen molar-refractivity contribution in [2.75, 3.05) is 38.2 Å². The van der Waals surface area contributed by atoms with E-state index in [4.69, 9.17) is 26.1 Å². The fourth-order valence-electron chi connectivity index (χ4n) is 5.73. The number of nitriles is 1. The summed E-state index contributed by atoms with van der Waals surface area (Å²) in [6.45, 7) is 7.09. The Morgan fingerprint density at radius 1 is 1.15 bits per heavy atom. The lowest BCUT2D eigenvalue weighted by atomic mass is 9.98. The van der Waals surface area contributed by atoms with Gasteiger partial charge in [0.1, 0.15) is 23.7 Å². The van der Waals surface area contributed by atoms with Gasteiger partial charge in [-0.05, 0) is 76.3 Å². The van der Waals surface area contributed by atoms with Gasteiger partial charge in [0.25, 0.3) is 5.91 Å². The van der Waals surface area contributed by atoms with Crippen LogP contribution >= 0.6 is 11.6 Å². The molecule has 3 aromatic rings. The second-order valence-corrected chi connectivity index (χ2v) is 11.2. The van der Waals surface area contributed by atoms with E-state index >= 15 is 0 Å². The fraction of sp³-hybridized carbons (Fsp3) is 0.406. The monoisotopic (exact) mass is 573 g/mol. The van der Waals surface area contributed by atoms with Crippen LogP contribution in [0, 0.1) is 11.3 Å². The van der Waals surface area contributed by atoms with Crippen LogP contribution < -0.4 is 19.7 Å². The third kappa shape index (κ3) is 6.58. The predicted molar refractivity (Wildman–Crippen MR) is 161 cm³/mol. The number of hydrogen-bond donors (Lipinski definition) is 1. The Hall–Kier alpha value is -3.80. The van der Waals surface area contributed by atoms with Crippen molar-refractivity contribution >= 4 is 23.2 Å². The minimum Gasteiger partial charge on any atom is -0.493 e. The maximum atomic E-state index is 13.8. The number of carbonyl (C=O) groups is 1. The van der Waals surface area contributed by atoms with Gasteiger partial charge in [-0.1, -0.05) is 23.7 Å². The van der Waals surface area contributed by atoms with Gasteiger partial charge in [0.05, 0.1) is 23.6 Å². The van der Waals surface area contributed by atoms with E-state index < -0.39 is 0 Å². The number of ether oxygens (including phenoxy) is 2. The molecule has 3 heterocycles. The van der Waals surface area contributed by atoms with E-state index in [0.717, 1.165) is 49.4 Å². The van der Waals surface area contributed by atoms with Gasteiger partial charge in [-0.2, -0.15) is 5.26 Å². The van der Waals surface area contributed by atoms with Crippen LogP contribution in [-0.2, 0) is 0 Å². The van der Waals surface area contributed by atoms with Crippen LogP contribution in [0.1, 0.15) is 49.2 Å². The van der Waals surface area contributed by atoms with Crippen molar-refractivity contribution in [1.82, 2.24) is 15.2 Å². The summed E-state index contributed by atoms with van der Waals surface area (Å²) in [7, 11) is 2.07. The Morgan fingerprint density at radius 3 is 2.71 bits per heavy atom. The fourth-order valence-corrected chi connectivity index (χ4v) is 5.90. The standard InChI is InChI=1S/C32H36ClN5O3/c1-4-40-30-8-6-5-7-26(30)27-10-11-28(31(36-27)32(39)35-24-13-15-37(3)20-24)38-16-14-25(17-21(38)2)41-29-12-9-23(33)18-22(29)19-34/h5-12,18,21,24-25H,4,13-17,20H2,1-3H3,(H,35,39)/t21-,24+,25-/m0/s1. The van der Waals surface area contributed by atoms with Crippen LogP contribution in [0.15, 0.2) is 54.6 Å². The average Bonchev–Trinajstić information content (AvgIpc) is 3.38. The first-order valence-electron chi connectivity index (χ1n) is 14.2. The molecule has 2 aromatic carbocycles. The minimum absolute atomic E-state index is 0.0638. The lowest BCUT2D eigenvalue weighted by Crippen LogP contribution is -2.46. The van der Waals surface area contributed by atoms with E-state index in [1.165, 1.54) is 0 Å². The van der Waals surface area contributed by atoms with E-state index in [1.54, 1.807) is 18.2 Å². The second kappa shape index (κ2) is 12.8. The van der Waals surface area contributed by atoms with Crippen molar-refractivity contribution in [3.63, 3.8) is 0 Å². The molecule has 0 radical (unpaired) electrons. The molecule has 0 bridgehead atoms. The molecule has 2 fully saturated rings. The Kier molecular flexibility index (Phi) is 8.96. The molecule has 0 saturated carbocycles. The summed E-state index contributed by atoms with van der Waals surface area (Å²) in [5.74, 6) is 1.12. The average molecular weight is 574 g/mol. The van der Waals surface area contributed by atoms with Gasteiger partial charge < -0.3 is 24.6 Å². The molecule has 1 amide bonds. The number of rotatable bonds is 8. The molecule has 1 N–H and O–H groups in total. The molecule has 3 atom stereocenters. The molecule has 0 spiro atoms. The first-order valence-corrected chi connectivity index (χ1v) is 14.6. The highest BCUT2D eigenvalue weighted by Crippen LogP contribution is 2.34. The van der Waals surface area contributed by atoms with E-state index in [-0.39, 0.29) is 24.1 Å². The van der Waals surface area contributed by atoms with Crippen LogP contribution in [-0.4, -0.2) is 67.3 Å². The number of nitrogens with zero attached hydrogens (tertiary/aromatic N) is 4. The highest BCUT2D eigenvalue weighted by atomic mass is 35.5. The second-order valence-electron chi connectivity index (χ2n) is 10.8. The highest BCUT2D eigenvalue weighted by molar-refractivity contribution is 6.30. The molecule has 2 aliphatic rings. The van der Waals surface area contributed by atoms with Crippen LogP contribution in [0.2, 0.25) is 5.02 Å². The maximum Gasteiger partial charge on any atom is 0.272 e. The molecule has 1 aromatic heterocycles. The number of piperidine rings is 1. The van der Waals surface area contributed by atoms with Crippen LogP contribution in [0.3, 0.4) is 0 Å². The quantitative estimate of drug-likeness (QED) is 0.378.